The standard InChI is InChI=1S/C42H79O13P/c1-3-5-7-9-11-13-14-15-16-17-18-19-20-21-22-23-25-27-29-31-36(44)54-34(32-52-35(43)30-28-26-24-12-10-8-6-4-2)33-53-56(50,51)55-42-40(48)38(46)37(45)39(47)41(42)49/h15-16,34,37-42,45-49H,3-14,17-33H2,1-2H3,(H,50,51)/b16-15+/t34-,37?,38+,39?,40?,41?,42?/m1/s1. The van der Waals surface area contributed by atoms with Gasteiger partial charge in [0.1, 0.15) is 43.2 Å². The van der Waals surface area contributed by atoms with E-state index < -0.39 is 75.7 Å². The lowest BCUT2D eigenvalue weighted by molar-refractivity contribution is -0.220. The summed E-state index contributed by atoms with van der Waals surface area (Å²) in [5, 5.41) is 50.0. The van der Waals surface area contributed by atoms with Gasteiger partial charge in [-0.05, 0) is 38.5 Å². The quantitative estimate of drug-likeness (QED) is 0.0154. The zero-order chi connectivity index (χ0) is 41.4. The average Bonchev–Trinajstić information content (AvgIpc) is 3.18. The largest absolute Gasteiger partial charge is 0.472 e. The van der Waals surface area contributed by atoms with Crippen molar-refractivity contribution in [3.05, 3.63) is 12.2 Å². The molecule has 0 aromatic rings. The number of esters is 2. The Labute approximate surface area is 337 Å². The van der Waals surface area contributed by atoms with Crippen LogP contribution in [0, 0.1) is 0 Å². The molecule has 0 saturated heterocycles. The summed E-state index contributed by atoms with van der Waals surface area (Å²) in [6, 6.07) is 0. The summed E-state index contributed by atoms with van der Waals surface area (Å²) in [7, 11) is -5.11. The predicted molar refractivity (Wildman–Crippen MR) is 217 cm³/mol. The fourth-order valence-electron chi connectivity index (χ4n) is 6.75. The SMILES string of the molecule is CCCCCCCC/C=C/CCCCCCCCCCCC(=O)O[C@H](COC(=O)CCCCCCCCCC)COP(=O)(O)OC1C(O)C(O)C(O)[C@H](O)C1O. The van der Waals surface area contributed by atoms with Crippen LogP contribution in [-0.4, -0.2) is 98.3 Å². The van der Waals surface area contributed by atoms with Gasteiger partial charge in [-0.15, -0.1) is 0 Å². The van der Waals surface area contributed by atoms with Gasteiger partial charge >= 0.3 is 19.8 Å². The Morgan fingerprint density at radius 3 is 1.36 bits per heavy atom. The molecule has 1 aliphatic carbocycles. The Morgan fingerprint density at radius 2 is 0.911 bits per heavy atom. The lowest BCUT2D eigenvalue weighted by Crippen LogP contribution is -2.64. The van der Waals surface area contributed by atoms with Crippen LogP contribution in [0.5, 0.6) is 0 Å². The first kappa shape index (κ1) is 52.6. The van der Waals surface area contributed by atoms with Crippen molar-refractivity contribution in [2.45, 2.75) is 230 Å². The van der Waals surface area contributed by atoms with Crippen molar-refractivity contribution in [3.63, 3.8) is 0 Å². The smallest absolute Gasteiger partial charge is 0.462 e. The van der Waals surface area contributed by atoms with Crippen LogP contribution in [0.1, 0.15) is 187 Å². The second-order valence-electron chi connectivity index (χ2n) is 15.6. The van der Waals surface area contributed by atoms with Gasteiger partial charge in [-0.1, -0.05) is 148 Å². The summed E-state index contributed by atoms with van der Waals surface area (Å²) in [4.78, 5) is 35.5. The van der Waals surface area contributed by atoms with Crippen molar-refractivity contribution >= 4 is 19.8 Å². The Balaban J connectivity index is 2.42. The number of unbranched alkanes of at least 4 members (excludes halogenated alkanes) is 22. The molecule has 0 aromatic heterocycles. The topological polar surface area (TPSA) is 210 Å². The molecule has 8 atom stereocenters. The number of aliphatic hydroxyl groups excluding tert-OH is 5. The van der Waals surface area contributed by atoms with Crippen molar-refractivity contribution in [1.82, 2.24) is 0 Å². The number of hydrogen-bond donors (Lipinski definition) is 6. The zero-order valence-electron chi connectivity index (χ0n) is 34.7. The first-order valence-corrected chi connectivity index (χ1v) is 23.5. The zero-order valence-corrected chi connectivity index (χ0v) is 35.6. The lowest BCUT2D eigenvalue weighted by atomic mass is 9.85. The third-order valence-corrected chi connectivity index (χ3v) is 11.3. The van der Waals surface area contributed by atoms with Crippen molar-refractivity contribution in [2.75, 3.05) is 13.2 Å². The number of ether oxygens (including phenoxy) is 2. The van der Waals surface area contributed by atoms with Crippen LogP contribution < -0.4 is 0 Å². The molecule has 0 heterocycles. The van der Waals surface area contributed by atoms with Crippen LogP contribution in [-0.2, 0) is 32.7 Å². The molecule has 0 radical (unpaired) electrons. The highest BCUT2D eigenvalue weighted by Crippen LogP contribution is 2.47. The van der Waals surface area contributed by atoms with Gasteiger partial charge in [0.2, 0.25) is 0 Å². The Bertz CT molecular complexity index is 1040. The molecule has 1 aliphatic rings. The van der Waals surface area contributed by atoms with Crippen LogP contribution in [0.2, 0.25) is 0 Å². The normalized spacial score (nSPS) is 22.9. The Morgan fingerprint density at radius 1 is 0.536 bits per heavy atom. The number of aliphatic hydroxyl groups is 5. The number of carbonyl (C=O) groups excluding carboxylic acids is 2. The molecule has 1 saturated carbocycles. The molecule has 0 aliphatic heterocycles. The predicted octanol–water partition coefficient (Wildman–Crippen LogP) is 7.89. The molecule has 6 unspecified atom stereocenters. The number of phosphoric acid groups is 1. The number of phosphoric ester groups is 1. The molecule has 56 heavy (non-hydrogen) atoms. The number of allylic oxidation sites excluding steroid dienone is 2. The van der Waals surface area contributed by atoms with E-state index in [4.69, 9.17) is 18.5 Å². The van der Waals surface area contributed by atoms with Gasteiger partial charge in [0.15, 0.2) is 6.10 Å². The fourth-order valence-corrected chi connectivity index (χ4v) is 7.73. The number of hydrogen-bond acceptors (Lipinski definition) is 12. The van der Waals surface area contributed by atoms with Crippen LogP contribution in [0.25, 0.3) is 0 Å². The van der Waals surface area contributed by atoms with Crippen LogP contribution in [0.3, 0.4) is 0 Å². The molecule has 13 nitrogen and oxygen atoms in total. The first-order valence-electron chi connectivity index (χ1n) is 22.0. The minimum Gasteiger partial charge on any atom is -0.462 e. The van der Waals surface area contributed by atoms with E-state index >= 15 is 0 Å². The number of carbonyl (C=O) groups is 2. The van der Waals surface area contributed by atoms with E-state index in [2.05, 4.69) is 26.0 Å². The monoisotopic (exact) mass is 823 g/mol. The highest BCUT2D eigenvalue weighted by molar-refractivity contribution is 7.47. The third kappa shape index (κ3) is 25.8. The van der Waals surface area contributed by atoms with Gasteiger partial charge in [-0.2, -0.15) is 0 Å². The van der Waals surface area contributed by atoms with Gasteiger partial charge in [-0.25, -0.2) is 4.57 Å². The molecule has 330 valence electrons. The highest BCUT2D eigenvalue weighted by Gasteiger charge is 2.51. The van der Waals surface area contributed by atoms with E-state index in [1.807, 2.05) is 0 Å². The molecule has 0 aromatic carbocycles. The second-order valence-corrected chi connectivity index (χ2v) is 17.0. The summed E-state index contributed by atoms with van der Waals surface area (Å²) in [6.45, 7) is 3.25. The molecule has 0 spiro atoms. The second kappa shape index (κ2) is 33.4. The summed E-state index contributed by atoms with van der Waals surface area (Å²) >= 11 is 0. The van der Waals surface area contributed by atoms with Gasteiger partial charge in [0.25, 0.3) is 0 Å². The Kier molecular flexibility index (Phi) is 31.4. The van der Waals surface area contributed by atoms with E-state index in [0.29, 0.717) is 12.8 Å². The Hall–Kier alpha value is -1.41. The highest BCUT2D eigenvalue weighted by atomic mass is 31.2. The van der Waals surface area contributed by atoms with Crippen LogP contribution >= 0.6 is 7.82 Å². The molecule has 6 N–H and O–H groups in total. The molecule has 0 amide bonds. The maximum Gasteiger partial charge on any atom is 0.472 e. The lowest BCUT2D eigenvalue weighted by Gasteiger charge is -2.41. The molecule has 1 fully saturated rings. The van der Waals surface area contributed by atoms with Gasteiger partial charge < -0.3 is 39.9 Å². The minimum atomic E-state index is -5.11. The molecule has 0 bridgehead atoms. The van der Waals surface area contributed by atoms with Crippen molar-refractivity contribution in [1.29, 1.82) is 0 Å². The van der Waals surface area contributed by atoms with Crippen molar-refractivity contribution in [3.8, 4) is 0 Å². The molecular weight excluding hydrogens is 743 g/mol. The first-order chi connectivity index (χ1) is 26.9. The molecule has 1 rings (SSSR count). The van der Waals surface area contributed by atoms with Crippen LogP contribution in [0.15, 0.2) is 12.2 Å². The van der Waals surface area contributed by atoms with Gasteiger partial charge in [0, 0.05) is 12.8 Å². The average molecular weight is 823 g/mol. The molecular formula is C42H79O13P. The van der Waals surface area contributed by atoms with E-state index in [1.54, 1.807) is 0 Å². The summed E-state index contributed by atoms with van der Waals surface area (Å²) in [5.41, 5.74) is 0. The van der Waals surface area contributed by atoms with E-state index in [-0.39, 0.29) is 12.8 Å². The maximum atomic E-state index is 12.8. The van der Waals surface area contributed by atoms with E-state index in [1.165, 1.54) is 96.3 Å². The molecule has 14 heteroatoms. The van der Waals surface area contributed by atoms with E-state index in [9.17, 15) is 44.6 Å². The van der Waals surface area contributed by atoms with Gasteiger partial charge in [0.05, 0.1) is 6.61 Å². The summed E-state index contributed by atoms with van der Waals surface area (Å²) in [6.07, 6.45) is 20.1. The summed E-state index contributed by atoms with van der Waals surface area (Å²) < 4.78 is 33.4. The number of rotatable bonds is 36. The van der Waals surface area contributed by atoms with Crippen LogP contribution in [0.4, 0.5) is 0 Å². The maximum absolute atomic E-state index is 12.8. The van der Waals surface area contributed by atoms with E-state index in [0.717, 1.165) is 51.4 Å². The summed E-state index contributed by atoms with van der Waals surface area (Å²) in [5.74, 6) is -1.10. The van der Waals surface area contributed by atoms with Crippen molar-refractivity contribution < 1.29 is 63.1 Å². The third-order valence-electron chi connectivity index (χ3n) is 10.4. The fraction of sp³-hybridized carbons (Fsp3) is 0.905. The van der Waals surface area contributed by atoms with Gasteiger partial charge in [-0.3, -0.25) is 18.6 Å². The minimum absolute atomic E-state index is 0.0981. The van der Waals surface area contributed by atoms with Crippen molar-refractivity contribution in [2.24, 2.45) is 0 Å².